The molecule has 3 aromatic rings. The molecule has 0 aliphatic rings. The molecular formula is C29H30F2O6. The molecular weight excluding hydrogens is 482 g/mol. The summed E-state index contributed by atoms with van der Waals surface area (Å²) in [6, 6.07) is 18.2. The van der Waals surface area contributed by atoms with E-state index in [1.807, 2.05) is 0 Å². The average Bonchev–Trinajstić information content (AvgIpc) is 2.86. The molecule has 8 heteroatoms. The Morgan fingerprint density at radius 2 is 1.32 bits per heavy atom. The summed E-state index contributed by atoms with van der Waals surface area (Å²) in [5, 5.41) is 0. The van der Waals surface area contributed by atoms with E-state index in [1.54, 1.807) is 69.3 Å². The molecule has 0 fully saturated rings. The first kappa shape index (κ1) is 27.8. The lowest BCUT2D eigenvalue weighted by molar-refractivity contribution is -0.157. The van der Waals surface area contributed by atoms with Crippen LogP contribution in [-0.4, -0.2) is 37.4 Å². The van der Waals surface area contributed by atoms with Crippen LogP contribution < -0.4 is 4.74 Å². The van der Waals surface area contributed by atoms with Crippen molar-refractivity contribution in [1.29, 1.82) is 0 Å². The molecule has 37 heavy (non-hydrogen) atoms. The van der Waals surface area contributed by atoms with Crippen LogP contribution in [0, 0.1) is 11.6 Å². The molecule has 0 N–H and O–H groups in total. The largest absolute Gasteiger partial charge is 0.482 e. The summed E-state index contributed by atoms with van der Waals surface area (Å²) >= 11 is 0. The zero-order valence-electron chi connectivity index (χ0n) is 21.2. The van der Waals surface area contributed by atoms with E-state index in [2.05, 4.69) is 0 Å². The van der Waals surface area contributed by atoms with Crippen LogP contribution in [0.1, 0.15) is 43.6 Å². The van der Waals surface area contributed by atoms with Crippen molar-refractivity contribution in [2.24, 2.45) is 0 Å². The molecule has 0 radical (unpaired) electrons. The highest BCUT2D eigenvalue weighted by molar-refractivity contribution is 5.75. The Hall–Kier alpha value is -3.78. The summed E-state index contributed by atoms with van der Waals surface area (Å²) in [4.78, 5) is 24.5. The topological polar surface area (TPSA) is 71.1 Å². The number of hydrogen-bond acceptors (Lipinski definition) is 6. The molecule has 6 nitrogen and oxygen atoms in total. The molecule has 1 atom stereocenters. The number of benzene rings is 3. The fraction of sp³-hybridized carbons (Fsp3) is 0.310. The highest BCUT2D eigenvalue weighted by Crippen LogP contribution is 2.29. The van der Waals surface area contributed by atoms with Gasteiger partial charge in [-0.2, -0.15) is 0 Å². The van der Waals surface area contributed by atoms with Gasteiger partial charge in [-0.25, -0.2) is 18.4 Å². The van der Waals surface area contributed by atoms with Crippen molar-refractivity contribution in [2.75, 3.05) is 13.7 Å². The number of methoxy groups -OCH3 is 1. The van der Waals surface area contributed by atoms with Gasteiger partial charge in [-0.1, -0.05) is 36.4 Å². The van der Waals surface area contributed by atoms with E-state index in [9.17, 15) is 18.4 Å². The van der Waals surface area contributed by atoms with Crippen LogP contribution in [0.2, 0.25) is 0 Å². The third-order valence-electron chi connectivity index (χ3n) is 5.23. The number of carbonyl (C=O) groups excluding carboxylic acids is 2. The van der Waals surface area contributed by atoms with E-state index in [1.165, 1.54) is 31.4 Å². The molecule has 0 amide bonds. The van der Waals surface area contributed by atoms with Crippen molar-refractivity contribution in [1.82, 2.24) is 0 Å². The lowest BCUT2D eigenvalue weighted by Crippen LogP contribution is -2.30. The second-order valence-electron chi connectivity index (χ2n) is 9.35. The van der Waals surface area contributed by atoms with Gasteiger partial charge in [-0.05, 0) is 73.9 Å². The predicted octanol–water partition coefficient (Wildman–Crippen LogP) is 5.58. The Bertz CT molecular complexity index is 1120. The molecule has 0 aliphatic heterocycles. The SMILES string of the molecule is COC(=O)C(Cc1ccc(OCC(=O)OC(C)(C)C)cc1)OC(c1ccc(F)cc1)c1ccc(F)cc1. The van der Waals surface area contributed by atoms with Crippen LogP contribution in [-0.2, 0) is 30.2 Å². The van der Waals surface area contributed by atoms with E-state index in [0.717, 1.165) is 5.56 Å². The standard InChI is InChI=1S/C29H30F2O6/c1-29(2,3)37-26(32)18-35-24-15-5-19(6-16-24)17-25(28(33)34-4)36-27(20-7-11-22(30)12-8-20)21-9-13-23(31)14-10-21/h5-16,25,27H,17-18H2,1-4H3. The second-order valence-corrected chi connectivity index (χ2v) is 9.35. The number of ether oxygens (including phenoxy) is 4. The lowest BCUT2D eigenvalue weighted by Gasteiger charge is -2.24. The first-order valence-electron chi connectivity index (χ1n) is 11.7. The van der Waals surface area contributed by atoms with Gasteiger partial charge in [0.15, 0.2) is 12.7 Å². The number of esters is 2. The lowest BCUT2D eigenvalue weighted by atomic mass is 10.00. The fourth-order valence-corrected chi connectivity index (χ4v) is 3.56. The van der Waals surface area contributed by atoms with Crippen LogP contribution in [0.15, 0.2) is 72.8 Å². The Labute approximate surface area is 215 Å². The minimum Gasteiger partial charge on any atom is -0.482 e. The van der Waals surface area contributed by atoms with E-state index in [-0.39, 0.29) is 13.0 Å². The fourth-order valence-electron chi connectivity index (χ4n) is 3.56. The summed E-state index contributed by atoms with van der Waals surface area (Å²) < 4.78 is 49.0. The third-order valence-corrected chi connectivity index (χ3v) is 5.23. The van der Waals surface area contributed by atoms with E-state index in [0.29, 0.717) is 16.9 Å². The molecule has 0 saturated heterocycles. The summed E-state index contributed by atoms with van der Waals surface area (Å²) in [6.07, 6.45) is -1.63. The molecule has 196 valence electrons. The van der Waals surface area contributed by atoms with Crippen molar-refractivity contribution in [2.45, 2.75) is 45.0 Å². The summed E-state index contributed by atoms with van der Waals surface area (Å²) in [5.41, 5.74) is 1.32. The maximum Gasteiger partial charge on any atom is 0.344 e. The number of rotatable bonds is 10. The second kappa shape index (κ2) is 12.5. The van der Waals surface area contributed by atoms with Gasteiger partial charge < -0.3 is 18.9 Å². The quantitative estimate of drug-likeness (QED) is 0.331. The molecule has 1 unspecified atom stereocenters. The van der Waals surface area contributed by atoms with Gasteiger partial charge in [0.2, 0.25) is 0 Å². The van der Waals surface area contributed by atoms with Crippen molar-refractivity contribution in [3.8, 4) is 5.75 Å². The Morgan fingerprint density at radius 3 is 1.78 bits per heavy atom. The van der Waals surface area contributed by atoms with Gasteiger partial charge in [-0.15, -0.1) is 0 Å². The molecule has 3 aromatic carbocycles. The number of carbonyl (C=O) groups is 2. The van der Waals surface area contributed by atoms with Crippen molar-refractivity contribution < 1.29 is 37.3 Å². The summed E-state index contributed by atoms with van der Waals surface area (Å²) in [6.45, 7) is 5.09. The molecule has 0 saturated carbocycles. The van der Waals surface area contributed by atoms with Gasteiger partial charge in [0.25, 0.3) is 0 Å². The van der Waals surface area contributed by atoms with Crippen LogP contribution in [0.3, 0.4) is 0 Å². The van der Waals surface area contributed by atoms with Gasteiger partial charge in [0.05, 0.1) is 7.11 Å². The molecule has 0 bridgehead atoms. The molecule has 0 aromatic heterocycles. The number of halogens is 2. The van der Waals surface area contributed by atoms with Gasteiger partial charge in [0.1, 0.15) is 29.1 Å². The molecule has 0 spiro atoms. The highest BCUT2D eigenvalue weighted by Gasteiger charge is 2.27. The van der Waals surface area contributed by atoms with Crippen LogP contribution >= 0.6 is 0 Å². The predicted molar refractivity (Wildman–Crippen MR) is 133 cm³/mol. The maximum absolute atomic E-state index is 13.5. The van der Waals surface area contributed by atoms with Crippen molar-refractivity contribution in [3.63, 3.8) is 0 Å². The Balaban J connectivity index is 1.75. The number of hydrogen-bond donors (Lipinski definition) is 0. The smallest absolute Gasteiger partial charge is 0.344 e. The Morgan fingerprint density at radius 1 is 0.811 bits per heavy atom. The molecule has 0 aliphatic carbocycles. The maximum atomic E-state index is 13.5. The summed E-state index contributed by atoms with van der Waals surface area (Å²) in [5.74, 6) is -1.45. The first-order valence-corrected chi connectivity index (χ1v) is 11.7. The Kier molecular flexibility index (Phi) is 9.36. The zero-order valence-corrected chi connectivity index (χ0v) is 21.2. The first-order chi connectivity index (χ1) is 17.5. The van der Waals surface area contributed by atoms with Crippen LogP contribution in [0.25, 0.3) is 0 Å². The third kappa shape index (κ3) is 8.68. The van der Waals surface area contributed by atoms with Gasteiger partial charge in [-0.3, -0.25) is 0 Å². The summed E-state index contributed by atoms with van der Waals surface area (Å²) in [7, 11) is 1.26. The minimum absolute atomic E-state index is 0.165. The van der Waals surface area contributed by atoms with E-state index < -0.39 is 41.4 Å². The molecule has 0 heterocycles. The van der Waals surface area contributed by atoms with E-state index in [4.69, 9.17) is 18.9 Å². The monoisotopic (exact) mass is 512 g/mol. The van der Waals surface area contributed by atoms with Gasteiger partial charge >= 0.3 is 11.9 Å². The highest BCUT2D eigenvalue weighted by atomic mass is 19.1. The van der Waals surface area contributed by atoms with Crippen molar-refractivity contribution >= 4 is 11.9 Å². The van der Waals surface area contributed by atoms with Crippen LogP contribution in [0.5, 0.6) is 5.75 Å². The van der Waals surface area contributed by atoms with Gasteiger partial charge in [0, 0.05) is 6.42 Å². The normalized spacial score (nSPS) is 12.2. The zero-order chi connectivity index (χ0) is 27.0. The average molecular weight is 513 g/mol. The van der Waals surface area contributed by atoms with E-state index >= 15 is 0 Å². The minimum atomic E-state index is -1.02. The van der Waals surface area contributed by atoms with Crippen molar-refractivity contribution in [3.05, 3.63) is 101 Å². The molecule has 3 rings (SSSR count). The van der Waals surface area contributed by atoms with Crippen LogP contribution in [0.4, 0.5) is 8.78 Å².